The molecule has 2 rings (SSSR count). The zero-order valence-electron chi connectivity index (χ0n) is 11.6. The molecule has 0 atom stereocenters. The maximum Gasteiger partial charge on any atom is 0.247 e. The van der Waals surface area contributed by atoms with Crippen LogP contribution in [0.5, 0.6) is 0 Å². The van der Waals surface area contributed by atoms with Crippen LogP contribution < -0.4 is 10.2 Å². The van der Waals surface area contributed by atoms with Gasteiger partial charge in [0.15, 0.2) is 0 Å². The van der Waals surface area contributed by atoms with E-state index in [0.717, 1.165) is 16.8 Å². The van der Waals surface area contributed by atoms with Crippen molar-refractivity contribution in [3.8, 4) is 0 Å². The smallest absolute Gasteiger partial charge is 0.247 e. The Balaban J connectivity index is 2.43. The van der Waals surface area contributed by atoms with Crippen molar-refractivity contribution in [1.82, 2.24) is 14.9 Å². The molecule has 1 N–H and O–H groups in total. The second-order valence-corrected chi connectivity index (χ2v) is 5.91. The molecule has 7 heteroatoms. The Hall–Kier alpha value is -1.37. The number of carbonyl (C=O) groups is 1. The molecule has 2 heterocycles. The molecule has 0 unspecified atom stereocenters. The third-order valence-corrected chi connectivity index (χ3v) is 3.97. The van der Waals surface area contributed by atoms with Crippen molar-refractivity contribution in [2.24, 2.45) is 0 Å². The molecule has 104 valence electrons. The normalized spacial score (nSPS) is 18.7. The van der Waals surface area contributed by atoms with Crippen molar-refractivity contribution in [2.45, 2.75) is 19.4 Å². The van der Waals surface area contributed by atoms with Crippen LogP contribution in [0.15, 0.2) is 10.7 Å². The second kappa shape index (κ2) is 4.96. The average Bonchev–Trinajstić information content (AvgIpc) is 2.38. The van der Waals surface area contributed by atoms with Crippen LogP contribution in [0, 0.1) is 0 Å². The summed E-state index contributed by atoms with van der Waals surface area (Å²) in [4.78, 5) is 24.7. The van der Waals surface area contributed by atoms with Crippen LogP contribution in [0.1, 0.15) is 13.8 Å². The minimum atomic E-state index is -0.616. The topological polar surface area (TPSA) is 61.4 Å². The molecule has 0 saturated carbocycles. The maximum absolute atomic E-state index is 12.3. The van der Waals surface area contributed by atoms with E-state index in [2.05, 4.69) is 31.2 Å². The molecule has 1 fully saturated rings. The Kier molecular flexibility index (Phi) is 3.66. The zero-order chi connectivity index (χ0) is 14.2. The van der Waals surface area contributed by atoms with E-state index < -0.39 is 5.54 Å². The number of nitrogens with zero attached hydrogens (tertiary/aromatic N) is 4. The highest BCUT2D eigenvalue weighted by Gasteiger charge is 2.41. The third kappa shape index (κ3) is 2.39. The van der Waals surface area contributed by atoms with Crippen LogP contribution in [0.2, 0.25) is 0 Å². The SMILES string of the molecule is CNc1ncc(Br)c(N2CCN(C)C(=O)C2(C)C)n1. The Morgan fingerprint density at radius 3 is 2.74 bits per heavy atom. The molecule has 19 heavy (non-hydrogen) atoms. The Labute approximate surface area is 121 Å². The van der Waals surface area contributed by atoms with Crippen molar-refractivity contribution in [3.63, 3.8) is 0 Å². The number of hydrogen-bond donors (Lipinski definition) is 1. The monoisotopic (exact) mass is 327 g/mol. The van der Waals surface area contributed by atoms with Crippen LogP contribution in [-0.2, 0) is 4.79 Å². The summed E-state index contributed by atoms with van der Waals surface area (Å²) in [6.07, 6.45) is 1.70. The van der Waals surface area contributed by atoms with Gasteiger partial charge >= 0.3 is 0 Å². The predicted molar refractivity (Wildman–Crippen MR) is 78.3 cm³/mol. The molecule has 1 saturated heterocycles. The number of likely N-dealkylation sites (N-methyl/N-ethyl adjacent to an activating group) is 1. The fourth-order valence-corrected chi connectivity index (χ4v) is 2.66. The lowest BCUT2D eigenvalue weighted by atomic mass is 9.98. The molecule has 1 amide bonds. The first-order valence-corrected chi connectivity index (χ1v) is 6.90. The van der Waals surface area contributed by atoms with Gasteiger partial charge in [0.05, 0.1) is 4.47 Å². The lowest BCUT2D eigenvalue weighted by molar-refractivity contribution is -0.136. The van der Waals surface area contributed by atoms with Gasteiger partial charge in [-0.2, -0.15) is 4.98 Å². The average molecular weight is 328 g/mol. The molecule has 0 radical (unpaired) electrons. The fraction of sp³-hybridized carbons (Fsp3) is 0.583. The van der Waals surface area contributed by atoms with Crippen LogP contribution in [-0.4, -0.2) is 53.5 Å². The summed E-state index contributed by atoms with van der Waals surface area (Å²) < 4.78 is 0.789. The van der Waals surface area contributed by atoms with Gasteiger partial charge in [0, 0.05) is 33.4 Å². The van der Waals surface area contributed by atoms with E-state index in [1.165, 1.54) is 0 Å². The van der Waals surface area contributed by atoms with Gasteiger partial charge in [-0.3, -0.25) is 4.79 Å². The van der Waals surface area contributed by atoms with Crippen LogP contribution >= 0.6 is 15.9 Å². The summed E-state index contributed by atoms with van der Waals surface area (Å²) in [7, 11) is 3.60. The van der Waals surface area contributed by atoms with Gasteiger partial charge in [0.1, 0.15) is 11.4 Å². The standard InChI is InChI=1S/C12H18BrN5O/c1-12(2)10(19)17(4)5-6-18(12)9-8(13)7-15-11(14-3)16-9/h7H,5-6H2,1-4H3,(H,14,15,16). The van der Waals surface area contributed by atoms with E-state index in [0.29, 0.717) is 12.5 Å². The molecule has 0 bridgehead atoms. The number of nitrogens with one attached hydrogen (secondary N) is 1. The highest BCUT2D eigenvalue weighted by molar-refractivity contribution is 9.10. The number of piperazine rings is 1. The quantitative estimate of drug-likeness (QED) is 0.888. The Morgan fingerprint density at radius 2 is 2.11 bits per heavy atom. The van der Waals surface area contributed by atoms with Crippen molar-refractivity contribution < 1.29 is 4.79 Å². The Bertz CT molecular complexity index is 505. The fourth-order valence-electron chi connectivity index (χ4n) is 2.25. The number of rotatable bonds is 2. The first-order chi connectivity index (χ1) is 8.87. The molecule has 0 spiro atoms. The van der Waals surface area contributed by atoms with Crippen LogP contribution in [0.4, 0.5) is 11.8 Å². The third-order valence-electron chi connectivity index (χ3n) is 3.41. The van der Waals surface area contributed by atoms with E-state index in [1.807, 2.05) is 25.8 Å². The lowest BCUT2D eigenvalue weighted by Gasteiger charge is -2.45. The summed E-state index contributed by atoms with van der Waals surface area (Å²) in [5, 5.41) is 2.92. The van der Waals surface area contributed by atoms with Gasteiger partial charge in [-0.05, 0) is 29.8 Å². The largest absolute Gasteiger partial charge is 0.357 e. The zero-order valence-corrected chi connectivity index (χ0v) is 13.2. The maximum atomic E-state index is 12.3. The van der Waals surface area contributed by atoms with Crippen molar-refractivity contribution >= 4 is 33.6 Å². The number of carbonyl (C=O) groups excluding carboxylic acids is 1. The first-order valence-electron chi connectivity index (χ1n) is 6.11. The lowest BCUT2D eigenvalue weighted by Crippen LogP contribution is -2.62. The molecule has 0 aromatic carbocycles. The summed E-state index contributed by atoms with van der Waals surface area (Å²) in [6, 6.07) is 0. The van der Waals surface area contributed by atoms with E-state index in [-0.39, 0.29) is 5.91 Å². The molecule has 1 aliphatic rings. The number of aromatic nitrogens is 2. The van der Waals surface area contributed by atoms with Crippen LogP contribution in [0.25, 0.3) is 0 Å². The Morgan fingerprint density at radius 1 is 1.42 bits per heavy atom. The van der Waals surface area contributed by atoms with E-state index in [9.17, 15) is 4.79 Å². The van der Waals surface area contributed by atoms with Gasteiger partial charge in [0.2, 0.25) is 11.9 Å². The van der Waals surface area contributed by atoms with Crippen molar-refractivity contribution in [3.05, 3.63) is 10.7 Å². The number of anilines is 2. The molecular formula is C12H18BrN5O. The summed E-state index contributed by atoms with van der Waals surface area (Å²) in [5.41, 5.74) is -0.616. The van der Waals surface area contributed by atoms with Gasteiger partial charge in [-0.15, -0.1) is 0 Å². The van der Waals surface area contributed by atoms with Crippen molar-refractivity contribution in [1.29, 1.82) is 0 Å². The molecule has 1 aromatic rings. The molecule has 1 aromatic heterocycles. The van der Waals surface area contributed by atoms with Gasteiger partial charge in [-0.25, -0.2) is 4.98 Å². The van der Waals surface area contributed by atoms with Crippen LogP contribution in [0.3, 0.4) is 0 Å². The predicted octanol–water partition coefficient (Wildman–Crippen LogP) is 1.34. The van der Waals surface area contributed by atoms with E-state index in [4.69, 9.17) is 0 Å². The number of amides is 1. The molecule has 6 nitrogen and oxygen atoms in total. The minimum Gasteiger partial charge on any atom is -0.357 e. The first kappa shape index (κ1) is 14.0. The molecule has 1 aliphatic heterocycles. The molecule has 0 aliphatic carbocycles. The summed E-state index contributed by atoms with van der Waals surface area (Å²) >= 11 is 3.46. The number of hydrogen-bond acceptors (Lipinski definition) is 5. The van der Waals surface area contributed by atoms with Gasteiger partial charge in [0.25, 0.3) is 0 Å². The van der Waals surface area contributed by atoms with E-state index in [1.54, 1.807) is 18.1 Å². The molecular weight excluding hydrogens is 310 g/mol. The summed E-state index contributed by atoms with van der Waals surface area (Å²) in [5.74, 6) is 1.38. The van der Waals surface area contributed by atoms with Crippen molar-refractivity contribution in [2.75, 3.05) is 37.4 Å². The highest BCUT2D eigenvalue weighted by atomic mass is 79.9. The minimum absolute atomic E-state index is 0.0928. The van der Waals surface area contributed by atoms with Gasteiger partial charge < -0.3 is 15.1 Å². The van der Waals surface area contributed by atoms with Gasteiger partial charge in [-0.1, -0.05) is 0 Å². The summed E-state index contributed by atoms with van der Waals surface area (Å²) in [6.45, 7) is 5.26. The number of halogens is 1. The second-order valence-electron chi connectivity index (χ2n) is 5.05. The van der Waals surface area contributed by atoms with E-state index >= 15 is 0 Å². The highest BCUT2D eigenvalue weighted by Crippen LogP contribution is 2.32.